The van der Waals surface area contributed by atoms with Crippen LogP contribution < -0.4 is 15.5 Å². The van der Waals surface area contributed by atoms with Crippen molar-refractivity contribution < 1.29 is 13.2 Å². The van der Waals surface area contributed by atoms with E-state index in [1.165, 1.54) is 6.26 Å². The van der Waals surface area contributed by atoms with Gasteiger partial charge < -0.3 is 14.8 Å². The molecule has 0 bridgehead atoms. The topological polar surface area (TPSA) is 122 Å². The van der Waals surface area contributed by atoms with E-state index in [1.54, 1.807) is 36.5 Å². The zero-order valence-electron chi connectivity index (χ0n) is 20.3. The van der Waals surface area contributed by atoms with Crippen LogP contribution in [0.1, 0.15) is 18.4 Å². The summed E-state index contributed by atoms with van der Waals surface area (Å²) < 4.78 is 24.9. The van der Waals surface area contributed by atoms with E-state index in [2.05, 4.69) is 20.6 Å². The number of anilines is 5. The number of aryl methyl sites for hydroxylation is 1. The summed E-state index contributed by atoms with van der Waals surface area (Å²) >= 11 is 0. The van der Waals surface area contributed by atoms with Crippen LogP contribution >= 0.6 is 0 Å². The second kappa shape index (κ2) is 9.23. The molecule has 0 spiro atoms. The quantitative estimate of drug-likeness (QED) is 0.371. The number of benzene rings is 2. The van der Waals surface area contributed by atoms with Gasteiger partial charge in [-0.05, 0) is 48.7 Å². The fourth-order valence-corrected chi connectivity index (χ4v) is 4.77. The molecule has 0 aliphatic heterocycles. The van der Waals surface area contributed by atoms with Crippen LogP contribution in [0.25, 0.3) is 11.0 Å². The molecule has 11 heteroatoms. The number of carbonyl (C=O) groups excluding carboxylic acids is 1. The lowest BCUT2D eigenvalue weighted by Crippen LogP contribution is -2.16. The molecule has 36 heavy (non-hydrogen) atoms. The Morgan fingerprint density at radius 2 is 1.86 bits per heavy atom. The number of hydrogen-bond donors (Lipinski definition) is 2. The molecule has 2 N–H and O–H groups in total. The summed E-state index contributed by atoms with van der Waals surface area (Å²) in [6.07, 6.45) is 4.74. The highest BCUT2D eigenvalue weighted by Crippen LogP contribution is 2.33. The van der Waals surface area contributed by atoms with Gasteiger partial charge in [0.15, 0.2) is 9.84 Å². The summed E-state index contributed by atoms with van der Waals surface area (Å²) in [6.45, 7) is 0. The second-order valence-electron chi connectivity index (χ2n) is 9.09. The molecule has 0 radical (unpaired) electrons. The van der Waals surface area contributed by atoms with Crippen molar-refractivity contribution >= 4 is 55.9 Å². The Kier molecular flexibility index (Phi) is 6.09. The molecular formula is C25H27N7O3S. The fourth-order valence-electron chi connectivity index (χ4n) is 3.98. The van der Waals surface area contributed by atoms with E-state index in [9.17, 15) is 13.2 Å². The predicted octanol–water partition coefficient (Wildman–Crippen LogP) is 3.77. The Labute approximate surface area is 209 Å². The lowest BCUT2D eigenvalue weighted by Gasteiger charge is -2.19. The average Bonchev–Trinajstić information content (AvgIpc) is 3.64. The Hall–Kier alpha value is -3.99. The first-order valence-electron chi connectivity index (χ1n) is 11.5. The standard InChI is InChI=1S/C25H27N7O3S/c1-31(19-5-4-6-20-22(19)29-25(32(20)2)30-23(33)17-9-10-17)21-13-14-26-24(28-21)27-18-11-7-16(8-12-18)15-36(3,34)35/h4-8,11-14,17H,9-10,15H2,1-3H3,(H,26,27,28)(H,29,30,33). The number of amides is 1. The first-order valence-corrected chi connectivity index (χ1v) is 13.6. The number of carbonyl (C=O) groups is 1. The van der Waals surface area contributed by atoms with Crippen LogP contribution in [0, 0.1) is 5.92 Å². The van der Waals surface area contributed by atoms with E-state index in [0.717, 1.165) is 35.2 Å². The van der Waals surface area contributed by atoms with Gasteiger partial charge in [0.2, 0.25) is 17.8 Å². The Morgan fingerprint density at radius 1 is 1.11 bits per heavy atom. The van der Waals surface area contributed by atoms with E-state index in [-0.39, 0.29) is 17.6 Å². The van der Waals surface area contributed by atoms with Crippen molar-refractivity contribution in [1.82, 2.24) is 19.5 Å². The van der Waals surface area contributed by atoms with Crippen LogP contribution in [0.3, 0.4) is 0 Å². The van der Waals surface area contributed by atoms with Crippen molar-refractivity contribution in [1.29, 1.82) is 0 Å². The van der Waals surface area contributed by atoms with Crippen molar-refractivity contribution in [3.05, 3.63) is 60.3 Å². The summed E-state index contributed by atoms with van der Waals surface area (Å²) in [7, 11) is 0.693. The Bertz CT molecular complexity index is 1540. The fraction of sp³-hybridized carbons (Fsp3) is 0.280. The van der Waals surface area contributed by atoms with Gasteiger partial charge in [-0.1, -0.05) is 18.2 Å². The van der Waals surface area contributed by atoms with Crippen LogP contribution in [0.15, 0.2) is 54.7 Å². The van der Waals surface area contributed by atoms with E-state index >= 15 is 0 Å². The molecule has 2 aromatic carbocycles. The number of fused-ring (bicyclic) bond motifs is 1. The van der Waals surface area contributed by atoms with Gasteiger partial charge >= 0.3 is 0 Å². The molecule has 186 valence electrons. The first-order chi connectivity index (χ1) is 17.2. The third kappa shape index (κ3) is 5.15. The van der Waals surface area contributed by atoms with Crippen LogP contribution in [-0.2, 0) is 27.4 Å². The van der Waals surface area contributed by atoms with Crippen molar-refractivity contribution in [3.63, 3.8) is 0 Å². The number of sulfone groups is 1. The molecule has 1 amide bonds. The normalized spacial score (nSPS) is 13.5. The maximum Gasteiger partial charge on any atom is 0.229 e. The van der Waals surface area contributed by atoms with Gasteiger partial charge in [-0.15, -0.1) is 0 Å². The molecule has 1 aliphatic carbocycles. The number of aromatic nitrogens is 4. The Morgan fingerprint density at radius 3 is 2.56 bits per heavy atom. The largest absolute Gasteiger partial charge is 0.327 e. The summed E-state index contributed by atoms with van der Waals surface area (Å²) in [5, 5.41) is 6.11. The van der Waals surface area contributed by atoms with Gasteiger partial charge in [0, 0.05) is 38.2 Å². The number of para-hydroxylation sites is 1. The number of rotatable bonds is 8. The van der Waals surface area contributed by atoms with Crippen molar-refractivity contribution in [2.75, 3.05) is 28.8 Å². The molecule has 2 aromatic heterocycles. The minimum atomic E-state index is -3.09. The van der Waals surface area contributed by atoms with Gasteiger partial charge in [-0.25, -0.2) is 18.4 Å². The van der Waals surface area contributed by atoms with E-state index in [0.29, 0.717) is 23.3 Å². The summed E-state index contributed by atoms with van der Waals surface area (Å²) in [5.74, 6) is 1.68. The number of imidazole rings is 1. The highest BCUT2D eigenvalue weighted by atomic mass is 32.2. The molecule has 0 unspecified atom stereocenters. The number of nitrogens with zero attached hydrogens (tertiary/aromatic N) is 5. The molecule has 4 aromatic rings. The molecular weight excluding hydrogens is 478 g/mol. The number of nitrogens with one attached hydrogen (secondary N) is 2. The second-order valence-corrected chi connectivity index (χ2v) is 11.2. The van der Waals surface area contributed by atoms with Crippen molar-refractivity contribution in [2.45, 2.75) is 18.6 Å². The lowest BCUT2D eigenvalue weighted by molar-refractivity contribution is -0.117. The molecule has 0 saturated heterocycles. The smallest absolute Gasteiger partial charge is 0.229 e. The molecule has 1 aliphatic rings. The van der Waals surface area contributed by atoms with Crippen LogP contribution in [0.5, 0.6) is 0 Å². The van der Waals surface area contributed by atoms with E-state index in [4.69, 9.17) is 4.98 Å². The summed E-state index contributed by atoms with van der Waals surface area (Å²) in [6, 6.07) is 14.8. The van der Waals surface area contributed by atoms with E-state index < -0.39 is 9.84 Å². The van der Waals surface area contributed by atoms with Crippen molar-refractivity contribution in [2.24, 2.45) is 13.0 Å². The first kappa shape index (κ1) is 23.7. The van der Waals surface area contributed by atoms with Gasteiger partial charge in [0.1, 0.15) is 11.3 Å². The van der Waals surface area contributed by atoms with Gasteiger partial charge in [0.25, 0.3) is 0 Å². The molecule has 2 heterocycles. The lowest BCUT2D eigenvalue weighted by atomic mass is 10.2. The monoisotopic (exact) mass is 505 g/mol. The number of hydrogen-bond acceptors (Lipinski definition) is 8. The molecule has 0 atom stereocenters. The summed E-state index contributed by atoms with van der Waals surface area (Å²) in [5.41, 5.74) is 3.95. The third-order valence-electron chi connectivity index (χ3n) is 6.06. The highest BCUT2D eigenvalue weighted by molar-refractivity contribution is 7.89. The predicted molar refractivity (Wildman–Crippen MR) is 140 cm³/mol. The van der Waals surface area contributed by atoms with Crippen LogP contribution in [0.4, 0.5) is 29.1 Å². The maximum atomic E-state index is 12.3. The SMILES string of the molecule is CN(c1ccnc(Nc2ccc(CS(C)(=O)=O)cc2)n1)c1cccc2c1nc(NC(=O)C1CC1)n2C. The minimum Gasteiger partial charge on any atom is -0.327 e. The Balaban J connectivity index is 1.38. The van der Waals surface area contributed by atoms with Gasteiger partial charge in [-0.2, -0.15) is 4.98 Å². The molecule has 5 rings (SSSR count). The molecule has 10 nitrogen and oxygen atoms in total. The van der Waals surface area contributed by atoms with Crippen LogP contribution in [0.2, 0.25) is 0 Å². The van der Waals surface area contributed by atoms with E-state index in [1.807, 2.05) is 41.8 Å². The average molecular weight is 506 g/mol. The zero-order chi connectivity index (χ0) is 25.4. The van der Waals surface area contributed by atoms with Crippen molar-refractivity contribution in [3.8, 4) is 0 Å². The molecule has 1 fully saturated rings. The van der Waals surface area contributed by atoms with Crippen LogP contribution in [-0.4, -0.2) is 47.1 Å². The summed E-state index contributed by atoms with van der Waals surface area (Å²) in [4.78, 5) is 27.9. The zero-order valence-corrected chi connectivity index (χ0v) is 21.1. The van der Waals surface area contributed by atoms with Gasteiger partial charge in [0.05, 0.1) is 17.0 Å². The molecule has 1 saturated carbocycles. The van der Waals surface area contributed by atoms with Gasteiger partial charge in [-0.3, -0.25) is 10.1 Å². The highest BCUT2D eigenvalue weighted by Gasteiger charge is 2.30. The third-order valence-corrected chi connectivity index (χ3v) is 6.92. The maximum absolute atomic E-state index is 12.3. The minimum absolute atomic E-state index is 0.00486.